The van der Waals surface area contributed by atoms with Crippen LogP contribution in [-0.4, -0.2) is 19.5 Å². The number of hydrogen-bond donors (Lipinski definition) is 2. The van der Waals surface area contributed by atoms with E-state index in [9.17, 15) is 13.2 Å². The van der Waals surface area contributed by atoms with Gasteiger partial charge in [-0.25, -0.2) is 13.2 Å². The molecule has 5 nitrogen and oxygen atoms in total. The molecule has 112 valence electrons. The maximum absolute atomic E-state index is 12.2. The van der Waals surface area contributed by atoms with Crippen LogP contribution in [0.4, 0.5) is 5.69 Å². The first-order valence-electron chi connectivity index (χ1n) is 5.51. The zero-order valence-corrected chi connectivity index (χ0v) is 13.7. The van der Waals surface area contributed by atoms with Crippen LogP contribution in [0.1, 0.15) is 15.2 Å². The zero-order chi connectivity index (χ0) is 15.8. The van der Waals surface area contributed by atoms with Gasteiger partial charge in [0.2, 0.25) is 0 Å². The molecule has 1 aromatic heterocycles. The number of anilines is 1. The predicted molar refractivity (Wildman–Crippen MR) is 83.3 cm³/mol. The minimum absolute atomic E-state index is 0.0663. The number of rotatable bonds is 4. The van der Waals surface area contributed by atoms with E-state index in [1.54, 1.807) is 6.92 Å². The minimum Gasteiger partial charge on any atom is -0.477 e. The van der Waals surface area contributed by atoms with Crippen LogP contribution in [0.2, 0.25) is 10.0 Å². The molecule has 0 radical (unpaired) electrons. The van der Waals surface area contributed by atoms with Crippen LogP contribution in [-0.2, 0) is 10.0 Å². The van der Waals surface area contributed by atoms with Gasteiger partial charge < -0.3 is 5.11 Å². The summed E-state index contributed by atoms with van der Waals surface area (Å²) in [4.78, 5) is 10.6. The Balaban J connectivity index is 2.37. The minimum atomic E-state index is -3.92. The molecule has 21 heavy (non-hydrogen) atoms. The van der Waals surface area contributed by atoms with Crippen molar-refractivity contribution in [3.63, 3.8) is 0 Å². The van der Waals surface area contributed by atoms with Gasteiger partial charge in [0.25, 0.3) is 10.0 Å². The molecule has 1 heterocycles. The van der Waals surface area contributed by atoms with Crippen LogP contribution in [0.3, 0.4) is 0 Å². The number of carboxylic acids is 1. The summed E-state index contributed by atoms with van der Waals surface area (Å²) in [6.07, 6.45) is 0. The molecule has 0 amide bonds. The lowest BCUT2D eigenvalue weighted by molar-refractivity contribution is 0.0702. The summed E-state index contributed by atoms with van der Waals surface area (Å²) in [6.45, 7) is 1.74. The molecule has 2 rings (SSSR count). The molecule has 0 saturated carbocycles. The van der Waals surface area contributed by atoms with Crippen molar-refractivity contribution in [1.82, 2.24) is 0 Å². The Hall–Kier alpha value is -1.28. The van der Waals surface area contributed by atoms with Crippen LogP contribution in [0.15, 0.2) is 28.5 Å². The van der Waals surface area contributed by atoms with Crippen molar-refractivity contribution in [2.75, 3.05) is 4.72 Å². The summed E-state index contributed by atoms with van der Waals surface area (Å²) < 4.78 is 26.7. The molecule has 0 fully saturated rings. The van der Waals surface area contributed by atoms with E-state index in [4.69, 9.17) is 28.3 Å². The van der Waals surface area contributed by atoms with Gasteiger partial charge in [-0.3, -0.25) is 4.72 Å². The Morgan fingerprint density at radius 1 is 1.24 bits per heavy atom. The summed E-state index contributed by atoms with van der Waals surface area (Å²) in [5.74, 6) is -1.18. The van der Waals surface area contributed by atoms with E-state index in [1.165, 1.54) is 17.5 Å². The van der Waals surface area contributed by atoms with Crippen LogP contribution < -0.4 is 4.72 Å². The largest absolute Gasteiger partial charge is 0.477 e. The topological polar surface area (TPSA) is 83.5 Å². The first-order chi connectivity index (χ1) is 9.70. The number of aryl methyl sites for hydroxylation is 1. The highest BCUT2D eigenvalue weighted by Gasteiger charge is 2.20. The molecule has 0 aliphatic carbocycles. The molecular formula is C12H9Cl2NO4S2. The predicted octanol–water partition coefficient (Wildman–Crippen LogP) is 3.86. The van der Waals surface area contributed by atoms with Gasteiger partial charge in [-0.15, -0.1) is 11.3 Å². The fourth-order valence-corrected chi connectivity index (χ4v) is 4.17. The van der Waals surface area contributed by atoms with E-state index >= 15 is 0 Å². The number of halogens is 2. The molecule has 0 unspecified atom stereocenters. The quantitative estimate of drug-likeness (QED) is 0.861. The number of carbonyl (C=O) groups is 1. The highest BCUT2D eigenvalue weighted by Crippen LogP contribution is 2.31. The maximum Gasteiger partial charge on any atom is 0.345 e. The number of hydrogen-bond acceptors (Lipinski definition) is 4. The van der Waals surface area contributed by atoms with Gasteiger partial charge in [0.1, 0.15) is 4.88 Å². The van der Waals surface area contributed by atoms with E-state index in [-0.39, 0.29) is 20.5 Å². The second-order valence-electron chi connectivity index (χ2n) is 4.14. The first kappa shape index (κ1) is 16.1. The summed E-state index contributed by atoms with van der Waals surface area (Å²) >= 11 is 12.7. The Bertz CT molecular complexity index is 815. The number of nitrogens with one attached hydrogen (secondary N) is 1. The van der Waals surface area contributed by atoms with Gasteiger partial charge in [0.15, 0.2) is 0 Å². The third-order valence-corrected chi connectivity index (χ3v) is 5.72. The lowest BCUT2D eigenvalue weighted by Gasteiger charge is -2.10. The van der Waals surface area contributed by atoms with E-state index in [0.29, 0.717) is 10.6 Å². The zero-order valence-electron chi connectivity index (χ0n) is 10.6. The van der Waals surface area contributed by atoms with Gasteiger partial charge in [0, 0.05) is 10.4 Å². The standard InChI is InChI=1S/C12H9Cl2NO4S2/c1-6-2-9(14)10(4-8(6)13)15-21(18,19)7-3-11(12(16)17)20-5-7/h2-5,15H,1H3,(H,16,17). The average molecular weight is 366 g/mol. The van der Waals surface area contributed by atoms with Crippen molar-refractivity contribution < 1.29 is 18.3 Å². The van der Waals surface area contributed by atoms with Gasteiger partial charge in [-0.2, -0.15) is 0 Å². The molecule has 0 spiro atoms. The SMILES string of the molecule is Cc1cc(Cl)c(NS(=O)(=O)c2csc(C(=O)O)c2)cc1Cl. The van der Waals surface area contributed by atoms with Crippen molar-refractivity contribution in [1.29, 1.82) is 0 Å². The summed E-state index contributed by atoms with van der Waals surface area (Å²) in [6, 6.07) is 4.03. The third-order valence-electron chi connectivity index (χ3n) is 2.59. The van der Waals surface area contributed by atoms with Crippen LogP contribution in [0.5, 0.6) is 0 Å². The Kier molecular flexibility index (Phi) is 4.48. The van der Waals surface area contributed by atoms with Crippen LogP contribution in [0.25, 0.3) is 0 Å². The Morgan fingerprint density at radius 3 is 2.48 bits per heavy atom. The molecule has 0 aliphatic heterocycles. The molecule has 0 saturated heterocycles. The van der Waals surface area contributed by atoms with E-state index in [0.717, 1.165) is 17.4 Å². The second kappa shape index (κ2) is 5.84. The molecule has 1 aromatic carbocycles. The molecule has 2 N–H and O–H groups in total. The molecular weight excluding hydrogens is 357 g/mol. The highest BCUT2D eigenvalue weighted by atomic mass is 35.5. The van der Waals surface area contributed by atoms with Gasteiger partial charge in [-0.05, 0) is 30.7 Å². The van der Waals surface area contributed by atoms with Crippen molar-refractivity contribution in [3.8, 4) is 0 Å². The van der Waals surface area contributed by atoms with Crippen molar-refractivity contribution in [2.45, 2.75) is 11.8 Å². The van der Waals surface area contributed by atoms with E-state index in [1.807, 2.05) is 0 Å². The fourth-order valence-electron chi connectivity index (χ4n) is 1.50. The molecule has 9 heteroatoms. The van der Waals surface area contributed by atoms with Crippen molar-refractivity contribution in [2.24, 2.45) is 0 Å². The highest BCUT2D eigenvalue weighted by molar-refractivity contribution is 7.92. The first-order valence-corrected chi connectivity index (χ1v) is 8.63. The van der Waals surface area contributed by atoms with Gasteiger partial charge in [-0.1, -0.05) is 23.2 Å². The lowest BCUT2D eigenvalue weighted by Crippen LogP contribution is -2.12. The molecule has 0 atom stereocenters. The number of benzene rings is 1. The molecule has 0 bridgehead atoms. The fraction of sp³-hybridized carbons (Fsp3) is 0.0833. The maximum atomic E-state index is 12.2. The lowest BCUT2D eigenvalue weighted by atomic mass is 10.2. The monoisotopic (exact) mass is 365 g/mol. The smallest absolute Gasteiger partial charge is 0.345 e. The van der Waals surface area contributed by atoms with Gasteiger partial charge >= 0.3 is 5.97 Å². The summed E-state index contributed by atoms with van der Waals surface area (Å²) in [5, 5.41) is 10.6. The summed E-state index contributed by atoms with van der Waals surface area (Å²) in [7, 11) is -3.92. The average Bonchev–Trinajstić information content (AvgIpc) is 2.86. The van der Waals surface area contributed by atoms with Crippen molar-refractivity contribution in [3.05, 3.63) is 44.1 Å². The Labute approximate surface area is 135 Å². The van der Waals surface area contributed by atoms with Crippen LogP contribution in [0, 0.1) is 6.92 Å². The number of thiophene rings is 1. The molecule has 2 aromatic rings. The second-order valence-corrected chi connectivity index (χ2v) is 7.55. The van der Waals surface area contributed by atoms with E-state index < -0.39 is 16.0 Å². The van der Waals surface area contributed by atoms with Crippen LogP contribution >= 0.6 is 34.5 Å². The van der Waals surface area contributed by atoms with Crippen molar-refractivity contribution >= 4 is 56.2 Å². The third kappa shape index (κ3) is 3.49. The number of aromatic carboxylic acids is 1. The molecule has 0 aliphatic rings. The normalized spacial score (nSPS) is 11.4. The summed E-state index contributed by atoms with van der Waals surface area (Å²) in [5.41, 5.74) is 0.851. The number of carboxylic acid groups (broad SMARTS) is 1. The van der Waals surface area contributed by atoms with E-state index in [2.05, 4.69) is 4.72 Å². The Morgan fingerprint density at radius 2 is 1.90 bits per heavy atom. The number of sulfonamides is 1. The van der Waals surface area contributed by atoms with Gasteiger partial charge in [0.05, 0.1) is 15.6 Å².